The number of hydrogen-bond donors (Lipinski definition) is 0. The number of carbonyl (C=O) groups is 1. The molecule has 2 aliphatic heterocycles. The molecule has 29 heavy (non-hydrogen) atoms. The molecule has 0 aliphatic carbocycles. The van der Waals surface area contributed by atoms with Gasteiger partial charge in [-0.15, -0.1) is 0 Å². The Kier molecular flexibility index (Phi) is 6.00. The highest BCUT2D eigenvalue weighted by atomic mass is 16.2. The summed E-state index contributed by atoms with van der Waals surface area (Å²) in [6, 6.07) is 12.4. The minimum Gasteiger partial charge on any atom is -0.368 e. The van der Waals surface area contributed by atoms with Crippen LogP contribution in [0.4, 0.5) is 11.5 Å². The van der Waals surface area contributed by atoms with E-state index in [0.717, 1.165) is 70.3 Å². The number of pyridine rings is 1. The van der Waals surface area contributed by atoms with Crippen molar-refractivity contribution in [2.75, 3.05) is 68.7 Å². The summed E-state index contributed by atoms with van der Waals surface area (Å²) in [7, 11) is 0. The first-order valence-corrected chi connectivity index (χ1v) is 10.7. The fraction of sp³-hybridized carbons (Fsp3) is 0.478. The lowest BCUT2D eigenvalue weighted by molar-refractivity contribution is 0.0746. The van der Waals surface area contributed by atoms with Crippen LogP contribution in [0.25, 0.3) is 0 Å². The maximum atomic E-state index is 13.1. The molecule has 0 atom stereocenters. The van der Waals surface area contributed by atoms with Crippen LogP contribution in [0.3, 0.4) is 0 Å². The average molecular weight is 394 g/mol. The van der Waals surface area contributed by atoms with E-state index in [4.69, 9.17) is 0 Å². The molecule has 3 heterocycles. The minimum absolute atomic E-state index is 0.115. The number of aromatic nitrogens is 1. The molecule has 0 spiro atoms. The standard InChI is InChI=1S/C23H31N5O/c1-3-25-9-11-27(12-10-25)22-18-20(7-8-24-22)23(29)28-15-13-26(14-16-28)21-6-4-5-19(2)17-21/h4-8,17-18H,3,9-16H2,1-2H3. The van der Waals surface area contributed by atoms with Gasteiger partial charge in [-0.25, -0.2) is 4.98 Å². The first-order valence-electron chi connectivity index (χ1n) is 10.7. The molecule has 6 nitrogen and oxygen atoms in total. The van der Waals surface area contributed by atoms with Gasteiger partial charge in [-0.05, 0) is 43.3 Å². The van der Waals surface area contributed by atoms with E-state index in [1.165, 1.54) is 11.3 Å². The second-order valence-corrected chi connectivity index (χ2v) is 7.94. The van der Waals surface area contributed by atoms with Gasteiger partial charge in [-0.1, -0.05) is 19.1 Å². The normalized spacial score (nSPS) is 18.2. The topological polar surface area (TPSA) is 42.9 Å². The third-order valence-electron chi connectivity index (χ3n) is 6.07. The first kappa shape index (κ1) is 19.7. The van der Waals surface area contributed by atoms with E-state index in [1.54, 1.807) is 6.20 Å². The molecule has 2 fully saturated rings. The van der Waals surface area contributed by atoms with Crippen molar-refractivity contribution in [3.63, 3.8) is 0 Å². The molecule has 2 aromatic rings. The molecule has 1 aromatic carbocycles. The fourth-order valence-electron chi connectivity index (χ4n) is 4.19. The number of likely N-dealkylation sites (N-methyl/N-ethyl adjacent to an activating group) is 1. The smallest absolute Gasteiger partial charge is 0.254 e. The number of nitrogens with zero attached hydrogens (tertiary/aromatic N) is 5. The van der Waals surface area contributed by atoms with Crippen LogP contribution in [-0.4, -0.2) is 79.6 Å². The molecule has 0 unspecified atom stereocenters. The third-order valence-corrected chi connectivity index (χ3v) is 6.07. The molecule has 0 bridgehead atoms. The molecule has 0 N–H and O–H groups in total. The molecular formula is C23H31N5O. The zero-order chi connectivity index (χ0) is 20.2. The maximum Gasteiger partial charge on any atom is 0.254 e. The van der Waals surface area contributed by atoms with Crippen molar-refractivity contribution in [2.45, 2.75) is 13.8 Å². The molecular weight excluding hydrogens is 362 g/mol. The van der Waals surface area contributed by atoms with Gasteiger partial charge >= 0.3 is 0 Å². The van der Waals surface area contributed by atoms with Gasteiger partial charge in [0.15, 0.2) is 0 Å². The van der Waals surface area contributed by atoms with Crippen LogP contribution in [0.2, 0.25) is 0 Å². The van der Waals surface area contributed by atoms with Crippen LogP contribution >= 0.6 is 0 Å². The van der Waals surface area contributed by atoms with Crippen molar-refractivity contribution in [1.29, 1.82) is 0 Å². The van der Waals surface area contributed by atoms with Gasteiger partial charge < -0.3 is 19.6 Å². The summed E-state index contributed by atoms with van der Waals surface area (Å²) in [5, 5.41) is 0. The van der Waals surface area contributed by atoms with Crippen LogP contribution in [0.1, 0.15) is 22.8 Å². The second-order valence-electron chi connectivity index (χ2n) is 7.94. The van der Waals surface area contributed by atoms with E-state index in [-0.39, 0.29) is 5.91 Å². The van der Waals surface area contributed by atoms with Crippen molar-refractivity contribution in [3.05, 3.63) is 53.7 Å². The number of piperazine rings is 2. The summed E-state index contributed by atoms with van der Waals surface area (Å²) < 4.78 is 0. The van der Waals surface area contributed by atoms with Gasteiger partial charge in [0.2, 0.25) is 0 Å². The third kappa shape index (κ3) is 4.53. The Labute approximate surface area is 173 Å². The summed E-state index contributed by atoms with van der Waals surface area (Å²) in [4.78, 5) is 26.7. The Morgan fingerprint density at radius 2 is 1.66 bits per heavy atom. The van der Waals surface area contributed by atoms with Gasteiger partial charge in [0.25, 0.3) is 5.91 Å². The number of benzene rings is 1. The van der Waals surface area contributed by atoms with Crippen molar-refractivity contribution in [1.82, 2.24) is 14.8 Å². The number of hydrogen-bond acceptors (Lipinski definition) is 5. The summed E-state index contributed by atoms with van der Waals surface area (Å²) >= 11 is 0. The van der Waals surface area contributed by atoms with E-state index < -0.39 is 0 Å². The Morgan fingerprint density at radius 3 is 2.34 bits per heavy atom. The minimum atomic E-state index is 0.115. The molecule has 0 saturated carbocycles. The predicted molar refractivity (Wildman–Crippen MR) is 118 cm³/mol. The van der Waals surface area contributed by atoms with Crippen molar-refractivity contribution < 1.29 is 4.79 Å². The number of carbonyl (C=O) groups excluding carboxylic acids is 1. The van der Waals surface area contributed by atoms with E-state index >= 15 is 0 Å². The lowest BCUT2D eigenvalue weighted by Gasteiger charge is -2.36. The largest absolute Gasteiger partial charge is 0.368 e. The van der Waals surface area contributed by atoms with Gasteiger partial charge in [-0.3, -0.25) is 4.79 Å². The number of amides is 1. The van der Waals surface area contributed by atoms with Gasteiger partial charge in [0.1, 0.15) is 5.82 Å². The zero-order valence-electron chi connectivity index (χ0n) is 17.5. The second kappa shape index (κ2) is 8.82. The van der Waals surface area contributed by atoms with Gasteiger partial charge in [-0.2, -0.15) is 0 Å². The zero-order valence-corrected chi connectivity index (χ0v) is 17.5. The van der Waals surface area contributed by atoms with E-state index in [0.29, 0.717) is 0 Å². The van der Waals surface area contributed by atoms with Crippen LogP contribution in [0.15, 0.2) is 42.6 Å². The molecule has 154 valence electrons. The molecule has 4 rings (SSSR count). The molecule has 1 amide bonds. The summed E-state index contributed by atoms with van der Waals surface area (Å²) in [6.45, 7) is 12.7. The Bertz CT molecular complexity index is 839. The number of rotatable bonds is 4. The lowest BCUT2D eigenvalue weighted by atomic mass is 10.1. The highest BCUT2D eigenvalue weighted by Crippen LogP contribution is 2.20. The average Bonchev–Trinajstić information content (AvgIpc) is 2.79. The van der Waals surface area contributed by atoms with Crippen LogP contribution in [-0.2, 0) is 0 Å². The maximum absolute atomic E-state index is 13.1. The van der Waals surface area contributed by atoms with Gasteiger partial charge in [0.05, 0.1) is 0 Å². The first-order chi connectivity index (χ1) is 14.1. The fourth-order valence-corrected chi connectivity index (χ4v) is 4.19. The monoisotopic (exact) mass is 393 g/mol. The highest BCUT2D eigenvalue weighted by molar-refractivity contribution is 5.95. The summed E-state index contributed by atoms with van der Waals surface area (Å²) in [6.07, 6.45) is 1.78. The van der Waals surface area contributed by atoms with Gasteiger partial charge in [0, 0.05) is 69.8 Å². The summed E-state index contributed by atoms with van der Waals surface area (Å²) in [5.41, 5.74) is 3.26. The Morgan fingerprint density at radius 1 is 0.931 bits per heavy atom. The van der Waals surface area contributed by atoms with Crippen LogP contribution in [0.5, 0.6) is 0 Å². The van der Waals surface area contributed by atoms with E-state index in [1.807, 2.05) is 17.0 Å². The lowest BCUT2D eigenvalue weighted by Crippen LogP contribution is -2.49. The molecule has 2 saturated heterocycles. The van der Waals surface area contributed by atoms with Crippen LogP contribution in [0, 0.1) is 6.92 Å². The SMILES string of the molecule is CCN1CCN(c2cc(C(=O)N3CCN(c4cccc(C)c4)CC3)ccn2)CC1. The molecule has 0 radical (unpaired) electrons. The van der Waals surface area contributed by atoms with E-state index in [2.05, 4.69) is 57.8 Å². The quantitative estimate of drug-likeness (QED) is 0.799. The Hall–Kier alpha value is -2.60. The molecule has 2 aliphatic rings. The highest BCUT2D eigenvalue weighted by Gasteiger charge is 2.24. The van der Waals surface area contributed by atoms with E-state index in [9.17, 15) is 4.79 Å². The molecule has 1 aromatic heterocycles. The summed E-state index contributed by atoms with van der Waals surface area (Å²) in [5.74, 6) is 1.04. The van der Waals surface area contributed by atoms with Crippen molar-refractivity contribution in [3.8, 4) is 0 Å². The number of anilines is 2. The van der Waals surface area contributed by atoms with Crippen molar-refractivity contribution >= 4 is 17.4 Å². The molecule has 6 heteroatoms. The Balaban J connectivity index is 1.38. The van der Waals surface area contributed by atoms with Crippen LogP contribution < -0.4 is 9.80 Å². The predicted octanol–water partition coefficient (Wildman–Crippen LogP) is 2.49. The van der Waals surface area contributed by atoms with Crippen molar-refractivity contribution in [2.24, 2.45) is 0 Å². The number of aryl methyl sites for hydroxylation is 1.